The van der Waals surface area contributed by atoms with E-state index in [1.54, 1.807) is 44.2 Å². The van der Waals surface area contributed by atoms with Gasteiger partial charge in [-0.3, -0.25) is 0 Å². The smallest absolute Gasteiger partial charge is 0.483 e. The van der Waals surface area contributed by atoms with E-state index in [1.165, 1.54) is 7.05 Å². The minimum absolute atomic E-state index is 0.0835. The number of hydrogen-bond acceptors (Lipinski definition) is 4. The molecule has 6 nitrogen and oxygen atoms in total. The van der Waals surface area contributed by atoms with Crippen molar-refractivity contribution in [2.75, 3.05) is 7.05 Å². The first-order valence-corrected chi connectivity index (χ1v) is 11.4. The number of aryl methyl sites for hydroxylation is 3. The highest BCUT2D eigenvalue weighted by Gasteiger charge is 2.39. The van der Waals surface area contributed by atoms with E-state index >= 15 is 0 Å². The van der Waals surface area contributed by atoms with Gasteiger partial charge < -0.3 is 14.5 Å². The van der Waals surface area contributed by atoms with E-state index in [4.69, 9.17) is 0 Å². The van der Waals surface area contributed by atoms with Gasteiger partial charge in [-0.05, 0) is 31.9 Å². The first kappa shape index (κ1) is 26.1. The molecule has 0 spiro atoms. The lowest BCUT2D eigenvalue weighted by Crippen LogP contribution is -2.21. The molecule has 0 aliphatic carbocycles. The molecular formula is C19H23F3N2O4S2-2. The predicted molar refractivity (Wildman–Crippen MR) is 111 cm³/mol. The molecule has 11 heteroatoms. The summed E-state index contributed by atoms with van der Waals surface area (Å²) in [5.41, 5.74) is -0.00635. The number of hydrogen-bond donors (Lipinski definition) is 0. The zero-order valence-electron chi connectivity index (χ0n) is 16.9. The Labute approximate surface area is 177 Å². The van der Waals surface area contributed by atoms with Gasteiger partial charge in [-0.15, -0.1) is 12.7 Å². The first-order valence-electron chi connectivity index (χ1n) is 8.86. The van der Waals surface area contributed by atoms with Crippen LogP contribution in [0.3, 0.4) is 0 Å². The summed E-state index contributed by atoms with van der Waals surface area (Å²) in [6, 6.07) is 12.1. The first-order chi connectivity index (χ1) is 14.0. The van der Waals surface area contributed by atoms with Gasteiger partial charge in [0.05, 0.1) is 4.90 Å². The summed E-state index contributed by atoms with van der Waals surface area (Å²) < 4.78 is 77.7. The maximum Gasteiger partial charge on any atom is 0.483 e. The highest BCUT2D eigenvalue weighted by molar-refractivity contribution is 7.95. The molecule has 0 aliphatic rings. The largest absolute Gasteiger partial charge is 0.569 e. The lowest BCUT2D eigenvalue weighted by Gasteiger charge is -2.28. The molecule has 2 rings (SSSR count). The Morgan fingerprint density at radius 1 is 1.00 bits per heavy atom. The van der Waals surface area contributed by atoms with Crippen molar-refractivity contribution in [3.63, 3.8) is 0 Å². The van der Waals surface area contributed by atoms with Gasteiger partial charge >= 0.3 is 5.51 Å². The number of rotatable bonds is 7. The molecule has 0 N–H and O–H groups in total. The van der Waals surface area contributed by atoms with Crippen molar-refractivity contribution in [2.24, 2.45) is 0 Å². The Bertz CT molecular complexity index is 925. The van der Waals surface area contributed by atoms with Crippen LogP contribution in [0.5, 0.6) is 0 Å². The molecule has 168 valence electrons. The van der Waals surface area contributed by atoms with E-state index in [-0.39, 0.29) is 5.69 Å². The number of alkyl halides is 3. The standard InChI is InChI=1S/C11H13F3NO2S.C8H10NO2S/c1-3-8-6-5-7-9(4-2)10(8)15-18(16,17)11(12,13)14;1-7-3-5-8(6-4-7)12(10)11-9-2/h5-7H,3-4H2,1-2H3;3-6H,1-2H3/q2*-1. The number of nitrogens with zero attached hydrogens (tertiary/aromatic N) is 2. The lowest BCUT2D eigenvalue weighted by atomic mass is 10.0. The molecule has 0 saturated carbocycles. The third kappa shape index (κ3) is 7.38. The van der Waals surface area contributed by atoms with Crippen molar-refractivity contribution < 1.29 is 30.1 Å². The number of sulfonamides is 1. The van der Waals surface area contributed by atoms with Crippen LogP contribution in [0.25, 0.3) is 10.2 Å². The molecule has 2 aromatic rings. The van der Waals surface area contributed by atoms with Gasteiger partial charge in [-0.25, -0.2) is 12.6 Å². The molecule has 1 unspecified atom stereocenters. The summed E-state index contributed by atoms with van der Waals surface area (Å²) in [4.78, 5) is 0.631. The predicted octanol–water partition coefficient (Wildman–Crippen LogP) is 5.62. The highest BCUT2D eigenvalue weighted by Crippen LogP contribution is 2.38. The minimum Gasteiger partial charge on any atom is -0.569 e. The van der Waals surface area contributed by atoms with Crippen molar-refractivity contribution in [3.05, 3.63) is 69.4 Å². The van der Waals surface area contributed by atoms with Crippen LogP contribution < -0.4 is 0 Å². The van der Waals surface area contributed by atoms with Crippen LogP contribution in [0.1, 0.15) is 30.5 Å². The minimum atomic E-state index is -5.49. The van der Waals surface area contributed by atoms with Gasteiger partial charge in [0.15, 0.2) is 21.1 Å². The summed E-state index contributed by atoms with van der Waals surface area (Å²) in [5.74, 6) is 0. The van der Waals surface area contributed by atoms with Crippen LogP contribution in [0.2, 0.25) is 0 Å². The maximum absolute atomic E-state index is 12.3. The van der Waals surface area contributed by atoms with Gasteiger partial charge in [-0.1, -0.05) is 60.9 Å². The Balaban J connectivity index is 0.000000325. The van der Waals surface area contributed by atoms with Crippen molar-refractivity contribution in [2.45, 2.75) is 44.0 Å². The molecule has 0 fully saturated rings. The molecule has 0 aromatic heterocycles. The monoisotopic (exact) mass is 464 g/mol. The van der Waals surface area contributed by atoms with Crippen molar-refractivity contribution in [3.8, 4) is 0 Å². The van der Waals surface area contributed by atoms with Crippen LogP contribution in [-0.2, 0) is 38.2 Å². The molecule has 2 aromatic carbocycles. The van der Waals surface area contributed by atoms with E-state index in [1.807, 2.05) is 19.1 Å². The average Bonchev–Trinajstić information content (AvgIpc) is 2.68. The van der Waals surface area contributed by atoms with Gasteiger partial charge in [0, 0.05) is 0 Å². The fraction of sp³-hybridized carbons (Fsp3) is 0.368. The Hall–Kier alpha value is -1.95. The molecule has 1 atom stereocenters. The molecule has 0 amide bonds. The van der Waals surface area contributed by atoms with Crippen LogP contribution >= 0.6 is 0 Å². The average molecular weight is 465 g/mol. The van der Waals surface area contributed by atoms with Gasteiger partial charge in [0.1, 0.15) is 0 Å². The van der Waals surface area contributed by atoms with E-state index in [0.717, 1.165) is 5.56 Å². The summed E-state index contributed by atoms with van der Waals surface area (Å²) in [6.45, 7) is 5.43. The molecule has 0 heterocycles. The van der Waals surface area contributed by atoms with Crippen molar-refractivity contribution in [1.82, 2.24) is 0 Å². The maximum atomic E-state index is 12.3. The zero-order chi connectivity index (χ0) is 22.9. The third-order valence-electron chi connectivity index (χ3n) is 3.82. The van der Waals surface area contributed by atoms with E-state index < -0.39 is 26.6 Å². The third-order valence-corrected chi connectivity index (χ3v) is 5.77. The van der Waals surface area contributed by atoms with Crippen molar-refractivity contribution >= 4 is 26.8 Å². The molecular weight excluding hydrogens is 441 g/mol. The fourth-order valence-electron chi connectivity index (χ4n) is 2.26. The summed E-state index contributed by atoms with van der Waals surface area (Å²) in [6.07, 6.45) is 0.833. The Morgan fingerprint density at radius 3 is 1.90 bits per heavy atom. The Morgan fingerprint density at radius 2 is 1.50 bits per heavy atom. The van der Waals surface area contributed by atoms with Gasteiger partial charge in [0.25, 0.3) is 0 Å². The van der Waals surface area contributed by atoms with Gasteiger partial charge in [0.2, 0.25) is 0 Å². The number of hydroxylamine groups is 1. The second-order valence-electron chi connectivity index (χ2n) is 5.95. The fourth-order valence-corrected chi connectivity index (χ4v) is 3.42. The zero-order valence-corrected chi connectivity index (χ0v) is 18.6. The molecule has 0 radical (unpaired) electrons. The SMILES string of the molecule is CCc1cccc(CC)c1[N-]S(=O)(=O)C(F)(F)F.C[N-]OS(=O)c1ccc(C)cc1. The van der Waals surface area contributed by atoms with E-state index in [9.17, 15) is 25.8 Å². The molecule has 30 heavy (non-hydrogen) atoms. The highest BCUT2D eigenvalue weighted by atomic mass is 32.2. The topological polar surface area (TPSA) is 88.6 Å². The molecule has 0 aliphatic heterocycles. The lowest BCUT2D eigenvalue weighted by molar-refractivity contribution is -0.0425. The van der Waals surface area contributed by atoms with E-state index in [2.05, 4.69) is 14.5 Å². The summed E-state index contributed by atoms with van der Waals surface area (Å²) in [5, 5.41) is 0. The van der Waals surface area contributed by atoms with E-state index in [0.29, 0.717) is 28.9 Å². The second-order valence-corrected chi connectivity index (χ2v) is 8.63. The second kappa shape index (κ2) is 11.4. The van der Waals surface area contributed by atoms with Crippen molar-refractivity contribution in [1.29, 1.82) is 0 Å². The van der Waals surface area contributed by atoms with Crippen LogP contribution in [0, 0.1) is 6.92 Å². The summed E-state index contributed by atoms with van der Waals surface area (Å²) in [7, 11) is -4.04. The quantitative estimate of drug-likeness (QED) is 0.498. The van der Waals surface area contributed by atoms with Crippen LogP contribution in [0.4, 0.5) is 18.9 Å². The summed E-state index contributed by atoms with van der Waals surface area (Å²) >= 11 is -1.46. The van der Waals surface area contributed by atoms with Crippen LogP contribution in [-0.4, -0.2) is 25.2 Å². The van der Waals surface area contributed by atoms with Crippen LogP contribution in [0.15, 0.2) is 47.4 Å². The molecule has 0 bridgehead atoms. The normalized spacial score (nSPS) is 12.6. The number of benzene rings is 2. The Kier molecular flexibility index (Phi) is 9.95. The number of halogens is 3. The van der Waals surface area contributed by atoms with Gasteiger partial charge in [-0.2, -0.15) is 13.2 Å². The molecule has 0 saturated heterocycles.